The number of amides is 1. The maximum Gasteiger partial charge on any atom is 0.264 e. The first kappa shape index (κ1) is 20.5. The predicted octanol–water partition coefficient (Wildman–Crippen LogP) is 5.12. The molecule has 0 bridgehead atoms. The lowest BCUT2D eigenvalue weighted by molar-refractivity contribution is 0.0911. The lowest BCUT2D eigenvalue weighted by Crippen LogP contribution is -2.41. The third kappa shape index (κ3) is 4.25. The van der Waals surface area contributed by atoms with Gasteiger partial charge in [0.05, 0.1) is 11.2 Å². The lowest BCUT2D eigenvalue weighted by Gasteiger charge is -2.22. The zero-order chi connectivity index (χ0) is 20.7. The van der Waals surface area contributed by atoms with Gasteiger partial charge in [-0.1, -0.05) is 49.7 Å². The van der Waals surface area contributed by atoms with E-state index in [1.54, 1.807) is 6.07 Å². The molecule has 1 amide bonds. The molecule has 6 nitrogen and oxygen atoms in total. The minimum atomic E-state index is -0.795. The molecule has 0 unspecified atom stereocenters. The fourth-order valence-corrected chi connectivity index (χ4v) is 3.68. The SMILES string of the molecule is Cc1nc(-c2cccc(Cl)c2)sc1C(=O)NC(C)(C)c1noc(C(C)(C)C)n1. The molecule has 0 saturated heterocycles. The van der Waals surface area contributed by atoms with Gasteiger partial charge in [0, 0.05) is 16.0 Å². The molecule has 3 aromatic rings. The molecule has 148 valence electrons. The van der Waals surface area contributed by atoms with Crippen molar-refractivity contribution in [2.24, 2.45) is 0 Å². The third-order valence-corrected chi connectivity index (χ3v) is 5.57. The van der Waals surface area contributed by atoms with Crippen molar-refractivity contribution < 1.29 is 9.32 Å². The minimum absolute atomic E-state index is 0.226. The van der Waals surface area contributed by atoms with Gasteiger partial charge in [0.1, 0.15) is 9.88 Å². The van der Waals surface area contributed by atoms with Crippen LogP contribution in [0.5, 0.6) is 0 Å². The highest BCUT2D eigenvalue weighted by molar-refractivity contribution is 7.17. The molecule has 3 rings (SSSR count). The van der Waals surface area contributed by atoms with E-state index in [0.717, 1.165) is 10.6 Å². The van der Waals surface area contributed by atoms with Crippen LogP contribution < -0.4 is 5.32 Å². The molecule has 0 saturated carbocycles. The van der Waals surface area contributed by atoms with Gasteiger partial charge >= 0.3 is 0 Å². The Labute approximate surface area is 173 Å². The molecular weight excluding hydrogens is 396 g/mol. The van der Waals surface area contributed by atoms with Crippen LogP contribution in [-0.2, 0) is 11.0 Å². The molecule has 0 aliphatic heterocycles. The summed E-state index contributed by atoms with van der Waals surface area (Å²) in [5.74, 6) is 0.737. The fourth-order valence-electron chi connectivity index (χ4n) is 2.53. The van der Waals surface area contributed by atoms with E-state index in [4.69, 9.17) is 16.1 Å². The van der Waals surface area contributed by atoms with Crippen molar-refractivity contribution in [2.75, 3.05) is 0 Å². The van der Waals surface area contributed by atoms with E-state index in [9.17, 15) is 4.79 Å². The van der Waals surface area contributed by atoms with E-state index >= 15 is 0 Å². The zero-order valence-electron chi connectivity index (χ0n) is 16.8. The highest BCUT2D eigenvalue weighted by Gasteiger charge is 2.32. The number of thiazole rings is 1. The van der Waals surface area contributed by atoms with Gasteiger partial charge in [-0.15, -0.1) is 11.3 Å². The number of carbonyl (C=O) groups excluding carboxylic acids is 1. The van der Waals surface area contributed by atoms with E-state index in [1.807, 2.05) is 59.7 Å². The van der Waals surface area contributed by atoms with Crippen LogP contribution >= 0.6 is 22.9 Å². The van der Waals surface area contributed by atoms with Crippen LogP contribution in [0.2, 0.25) is 5.02 Å². The van der Waals surface area contributed by atoms with Crippen LogP contribution in [0.3, 0.4) is 0 Å². The Hall–Kier alpha value is -2.25. The summed E-state index contributed by atoms with van der Waals surface area (Å²) in [5.41, 5.74) is 0.492. The van der Waals surface area contributed by atoms with Gasteiger partial charge in [-0.25, -0.2) is 4.98 Å². The smallest absolute Gasteiger partial charge is 0.264 e. The van der Waals surface area contributed by atoms with Crippen molar-refractivity contribution in [1.29, 1.82) is 0 Å². The number of rotatable bonds is 4. The Morgan fingerprint density at radius 3 is 2.50 bits per heavy atom. The summed E-state index contributed by atoms with van der Waals surface area (Å²) in [6, 6.07) is 7.42. The summed E-state index contributed by atoms with van der Waals surface area (Å²) in [6.07, 6.45) is 0. The monoisotopic (exact) mass is 418 g/mol. The van der Waals surface area contributed by atoms with Crippen LogP contribution in [0.25, 0.3) is 10.6 Å². The van der Waals surface area contributed by atoms with Gasteiger partial charge < -0.3 is 9.84 Å². The maximum absolute atomic E-state index is 12.9. The zero-order valence-corrected chi connectivity index (χ0v) is 18.3. The summed E-state index contributed by atoms with van der Waals surface area (Å²) in [4.78, 5) is 22.5. The van der Waals surface area contributed by atoms with Gasteiger partial charge in [-0.05, 0) is 32.9 Å². The Kier molecular flexibility index (Phi) is 5.34. The van der Waals surface area contributed by atoms with Crippen molar-refractivity contribution in [1.82, 2.24) is 20.4 Å². The number of benzene rings is 1. The number of halogens is 1. The van der Waals surface area contributed by atoms with E-state index in [2.05, 4.69) is 20.4 Å². The summed E-state index contributed by atoms with van der Waals surface area (Å²) in [7, 11) is 0. The Bertz CT molecular complexity index is 1020. The molecular formula is C20H23ClN4O2S. The van der Waals surface area contributed by atoms with Crippen LogP contribution in [0.4, 0.5) is 0 Å². The minimum Gasteiger partial charge on any atom is -0.339 e. The standard InChI is InChI=1S/C20H23ClN4O2S/c1-11-14(28-16(22-11)12-8-7-9-13(21)10-12)15(26)24-20(5,6)17-23-18(27-25-17)19(2,3)4/h7-10H,1-6H3,(H,24,26). The first-order chi connectivity index (χ1) is 13.0. The number of carbonyl (C=O) groups is 1. The molecule has 0 aliphatic rings. The molecule has 0 aliphatic carbocycles. The Morgan fingerprint density at radius 1 is 1.18 bits per heavy atom. The van der Waals surface area contributed by atoms with Crippen molar-refractivity contribution in [3.63, 3.8) is 0 Å². The Morgan fingerprint density at radius 2 is 1.89 bits per heavy atom. The topological polar surface area (TPSA) is 80.9 Å². The molecule has 1 aromatic carbocycles. The molecule has 8 heteroatoms. The highest BCUT2D eigenvalue weighted by Crippen LogP contribution is 2.30. The highest BCUT2D eigenvalue weighted by atomic mass is 35.5. The molecule has 0 fully saturated rings. The predicted molar refractivity (Wildman–Crippen MR) is 111 cm³/mol. The number of hydrogen-bond donors (Lipinski definition) is 1. The van der Waals surface area contributed by atoms with Crippen molar-refractivity contribution in [3.05, 3.63) is 51.6 Å². The van der Waals surface area contributed by atoms with Crippen molar-refractivity contribution in [2.45, 2.75) is 52.5 Å². The maximum atomic E-state index is 12.9. The summed E-state index contributed by atoms with van der Waals surface area (Å²) < 4.78 is 5.36. The van der Waals surface area contributed by atoms with Gasteiger partial charge in [0.15, 0.2) is 5.82 Å². The van der Waals surface area contributed by atoms with Crippen LogP contribution in [0.1, 0.15) is 61.7 Å². The fraction of sp³-hybridized carbons (Fsp3) is 0.400. The number of aryl methyl sites for hydroxylation is 1. The number of nitrogens with zero attached hydrogens (tertiary/aromatic N) is 3. The molecule has 2 heterocycles. The van der Waals surface area contributed by atoms with E-state index in [-0.39, 0.29) is 11.3 Å². The van der Waals surface area contributed by atoms with Gasteiger partial charge in [0.2, 0.25) is 5.89 Å². The number of aromatic nitrogens is 3. The van der Waals surface area contributed by atoms with E-state index in [1.165, 1.54) is 11.3 Å². The second-order valence-corrected chi connectivity index (χ2v) is 9.63. The first-order valence-corrected chi connectivity index (χ1v) is 10.1. The van der Waals surface area contributed by atoms with Crippen LogP contribution in [0.15, 0.2) is 28.8 Å². The number of hydrogen-bond acceptors (Lipinski definition) is 6. The molecule has 28 heavy (non-hydrogen) atoms. The van der Waals surface area contributed by atoms with E-state index < -0.39 is 5.54 Å². The normalized spacial score (nSPS) is 12.2. The molecule has 1 N–H and O–H groups in total. The van der Waals surface area contributed by atoms with Gasteiger partial charge in [-0.3, -0.25) is 4.79 Å². The average Bonchev–Trinajstić information content (AvgIpc) is 3.21. The Balaban J connectivity index is 1.83. The molecule has 0 radical (unpaired) electrons. The summed E-state index contributed by atoms with van der Waals surface area (Å²) >= 11 is 7.40. The largest absolute Gasteiger partial charge is 0.339 e. The van der Waals surface area contributed by atoms with Crippen LogP contribution in [0, 0.1) is 6.92 Å². The summed E-state index contributed by atoms with van der Waals surface area (Å²) in [5, 5.41) is 8.43. The van der Waals surface area contributed by atoms with Gasteiger partial charge in [0.25, 0.3) is 5.91 Å². The summed E-state index contributed by atoms with van der Waals surface area (Å²) in [6.45, 7) is 11.5. The second-order valence-electron chi connectivity index (χ2n) is 8.20. The average molecular weight is 419 g/mol. The van der Waals surface area contributed by atoms with Gasteiger partial charge in [-0.2, -0.15) is 4.98 Å². The molecule has 0 spiro atoms. The van der Waals surface area contributed by atoms with Crippen molar-refractivity contribution >= 4 is 28.8 Å². The quantitative estimate of drug-likeness (QED) is 0.636. The second kappa shape index (κ2) is 7.29. The lowest BCUT2D eigenvalue weighted by atomic mass is 9.97. The van der Waals surface area contributed by atoms with Crippen LogP contribution in [-0.4, -0.2) is 21.0 Å². The van der Waals surface area contributed by atoms with E-state index in [0.29, 0.717) is 27.3 Å². The number of nitrogens with one attached hydrogen (secondary N) is 1. The third-order valence-electron chi connectivity index (χ3n) is 4.13. The molecule has 0 atom stereocenters. The molecule has 2 aromatic heterocycles. The first-order valence-electron chi connectivity index (χ1n) is 8.88. The van der Waals surface area contributed by atoms with Crippen molar-refractivity contribution in [3.8, 4) is 10.6 Å².